The van der Waals surface area contributed by atoms with Crippen molar-refractivity contribution in [2.24, 2.45) is 17.8 Å². The fourth-order valence-corrected chi connectivity index (χ4v) is 7.02. The van der Waals surface area contributed by atoms with Crippen molar-refractivity contribution in [1.82, 2.24) is 0 Å². The van der Waals surface area contributed by atoms with E-state index in [0.717, 1.165) is 0 Å². The van der Waals surface area contributed by atoms with Gasteiger partial charge < -0.3 is 10.2 Å². The molecule has 3 aliphatic carbocycles. The van der Waals surface area contributed by atoms with Crippen molar-refractivity contribution in [3.8, 4) is 0 Å². The van der Waals surface area contributed by atoms with Gasteiger partial charge in [-0.1, -0.05) is 46.4 Å². The van der Waals surface area contributed by atoms with Gasteiger partial charge in [0.15, 0.2) is 4.33 Å². The monoisotopic (exact) mass is 398 g/mol. The van der Waals surface area contributed by atoms with Crippen LogP contribution in [0.3, 0.4) is 0 Å². The van der Waals surface area contributed by atoms with Crippen LogP contribution in [0.5, 0.6) is 0 Å². The van der Waals surface area contributed by atoms with Gasteiger partial charge in [-0.25, -0.2) is 0 Å². The molecule has 0 heterocycles. The highest BCUT2D eigenvalue weighted by Gasteiger charge is 2.85. The van der Waals surface area contributed by atoms with Crippen molar-refractivity contribution in [1.29, 1.82) is 0 Å². The number of carboxylic acid groups (broad SMARTS) is 1. The first-order valence-electron chi connectivity index (χ1n) is 5.75. The summed E-state index contributed by atoms with van der Waals surface area (Å²) in [7, 11) is 0. The number of carbonyl (C=O) groups is 1. The normalized spacial score (nSPS) is 52.5. The summed E-state index contributed by atoms with van der Waals surface area (Å²) in [5.41, 5.74) is 0. The molecule has 0 aromatic heterocycles. The van der Waals surface area contributed by atoms with Crippen molar-refractivity contribution in [2.75, 3.05) is 0 Å². The van der Waals surface area contributed by atoms with E-state index in [9.17, 15) is 15.0 Å². The molecule has 2 saturated carbocycles. The van der Waals surface area contributed by atoms with Crippen LogP contribution < -0.4 is 0 Å². The Bertz CT molecular complexity index is 548. The number of allylic oxidation sites excluding steroid dienone is 2. The molecule has 3 nitrogen and oxygen atoms in total. The second-order valence-electron chi connectivity index (χ2n) is 5.43. The molecule has 2 unspecified atom stereocenters. The molecule has 9 heteroatoms. The lowest BCUT2D eigenvalue weighted by Crippen LogP contribution is -2.47. The summed E-state index contributed by atoms with van der Waals surface area (Å²) < 4.78 is -1.80. The standard InChI is InChI=1S/C11H8Cl6O3/c12-6-7(13)10(15)5-3(18)1-2(8(19)20)4(5)9(6,14)11(10,16)17/h2-5,18H,1H2,(H,19,20)/t2?,3?,4-,5+,9-,10+/m1/s1. The van der Waals surface area contributed by atoms with Crippen LogP contribution in [-0.4, -0.2) is 36.4 Å². The molecular weight excluding hydrogens is 393 g/mol. The third kappa shape index (κ3) is 1.35. The second kappa shape index (κ2) is 4.25. The van der Waals surface area contributed by atoms with Gasteiger partial charge in [0.25, 0.3) is 0 Å². The quantitative estimate of drug-likeness (QED) is 0.662. The van der Waals surface area contributed by atoms with Gasteiger partial charge in [0, 0.05) is 11.8 Å². The Morgan fingerprint density at radius 3 is 1.95 bits per heavy atom. The van der Waals surface area contributed by atoms with Crippen LogP contribution in [0.25, 0.3) is 0 Å². The summed E-state index contributed by atoms with van der Waals surface area (Å²) in [4.78, 5) is 8.20. The minimum atomic E-state index is -1.80. The van der Waals surface area contributed by atoms with E-state index < -0.39 is 43.9 Å². The number of aliphatic carboxylic acids is 1. The fraction of sp³-hybridized carbons (Fsp3) is 0.727. The molecule has 0 saturated heterocycles. The van der Waals surface area contributed by atoms with Crippen LogP contribution in [0.15, 0.2) is 10.1 Å². The SMILES string of the molecule is O=C(O)C1CC(O)[C@H]2[C@@H]1[C@@]1(Cl)C(Cl)=C(Cl)[C@]2(Cl)C1(Cl)Cl. The third-order valence-corrected chi connectivity index (χ3v) is 9.00. The molecule has 3 rings (SSSR count). The lowest BCUT2D eigenvalue weighted by Gasteiger charge is -2.35. The number of carboxylic acids is 1. The molecular formula is C11H8Cl6O3. The Morgan fingerprint density at radius 1 is 1.05 bits per heavy atom. The third-order valence-electron chi connectivity index (χ3n) is 4.71. The van der Waals surface area contributed by atoms with Gasteiger partial charge in [0.05, 0.1) is 22.1 Å². The first-order valence-corrected chi connectivity index (χ1v) is 8.02. The topological polar surface area (TPSA) is 57.5 Å². The van der Waals surface area contributed by atoms with Gasteiger partial charge in [-0.3, -0.25) is 4.79 Å². The zero-order valence-electron chi connectivity index (χ0n) is 9.59. The molecule has 2 bridgehead atoms. The number of hydrogen-bond acceptors (Lipinski definition) is 2. The van der Waals surface area contributed by atoms with E-state index in [2.05, 4.69) is 0 Å². The number of alkyl halides is 4. The summed E-state index contributed by atoms with van der Waals surface area (Å²) in [5, 5.41) is 19.5. The number of fused-ring (bicyclic) bond motifs is 5. The zero-order chi connectivity index (χ0) is 15.2. The van der Waals surface area contributed by atoms with Crippen molar-refractivity contribution in [3.05, 3.63) is 10.1 Å². The molecule has 0 aromatic rings. The van der Waals surface area contributed by atoms with Crippen LogP contribution in [0, 0.1) is 17.8 Å². The van der Waals surface area contributed by atoms with Gasteiger partial charge in [-0.15, -0.1) is 23.2 Å². The van der Waals surface area contributed by atoms with Crippen LogP contribution in [0.4, 0.5) is 0 Å². The highest BCUT2D eigenvalue weighted by molar-refractivity contribution is 6.65. The smallest absolute Gasteiger partial charge is 0.306 e. The molecule has 20 heavy (non-hydrogen) atoms. The lowest BCUT2D eigenvalue weighted by molar-refractivity contribution is -0.143. The Morgan fingerprint density at radius 2 is 1.50 bits per heavy atom. The molecule has 0 aliphatic heterocycles. The van der Waals surface area contributed by atoms with Crippen LogP contribution >= 0.6 is 69.6 Å². The first kappa shape index (κ1) is 15.8. The van der Waals surface area contributed by atoms with Crippen LogP contribution in [0.1, 0.15) is 6.42 Å². The second-order valence-corrected chi connectivity index (χ2v) is 8.70. The van der Waals surface area contributed by atoms with E-state index in [1.807, 2.05) is 0 Å². The van der Waals surface area contributed by atoms with Gasteiger partial charge in [-0.2, -0.15) is 0 Å². The molecule has 3 aliphatic rings. The van der Waals surface area contributed by atoms with E-state index in [-0.39, 0.29) is 16.5 Å². The van der Waals surface area contributed by atoms with Crippen molar-refractivity contribution < 1.29 is 15.0 Å². The Kier molecular flexibility index (Phi) is 3.36. The molecule has 0 spiro atoms. The average Bonchev–Trinajstić information content (AvgIpc) is 2.80. The lowest BCUT2D eigenvalue weighted by atomic mass is 9.80. The molecule has 0 amide bonds. The predicted molar refractivity (Wildman–Crippen MR) is 79.1 cm³/mol. The van der Waals surface area contributed by atoms with E-state index in [1.165, 1.54) is 0 Å². The minimum absolute atomic E-state index is 0.00576. The molecule has 2 N–H and O–H groups in total. The summed E-state index contributed by atoms with van der Waals surface area (Å²) >= 11 is 38.0. The number of hydrogen-bond donors (Lipinski definition) is 2. The van der Waals surface area contributed by atoms with E-state index in [1.54, 1.807) is 0 Å². The van der Waals surface area contributed by atoms with Gasteiger partial charge >= 0.3 is 5.97 Å². The Labute approximate surface area is 144 Å². The molecule has 6 atom stereocenters. The Hall–Kier alpha value is 0.910. The Balaban J connectivity index is 2.28. The highest BCUT2D eigenvalue weighted by atomic mass is 35.5. The van der Waals surface area contributed by atoms with Gasteiger partial charge in [-0.05, 0) is 6.42 Å². The van der Waals surface area contributed by atoms with Crippen molar-refractivity contribution in [3.63, 3.8) is 0 Å². The highest BCUT2D eigenvalue weighted by Crippen LogP contribution is 2.79. The summed E-state index contributed by atoms with van der Waals surface area (Å²) in [6, 6.07) is 0. The van der Waals surface area contributed by atoms with E-state index in [0.29, 0.717) is 0 Å². The van der Waals surface area contributed by atoms with Gasteiger partial charge in [0.1, 0.15) is 9.75 Å². The summed E-state index contributed by atoms with van der Waals surface area (Å²) in [6.45, 7) is 0. The minimum Gasteiger partial charge on any atom is -0.481 e. The molecule has 2 fully saturated rings. The fourth-order valence-electron chi connectivity index (χ4n) is 3.91. The largest absolute Gasteiger partial charge is 0.481 e. The summed E-state index contributed by atoms with van der Waals surface area (Å²) in [6.07, 6.45) is -1.01. The van der Waals surface area contributed by atoms with E-state index >= 15 is 0 Å². The summed E-state index contributed by atoms with van der Waals surface area (Å²) in [5.74, 6) is -3.61. The first-order chi connectivity index (χ1) is 9.02. The molecule has 0 radical (unpaired) electrons. The molecule has 112 valence electrons. The van der Waals surface area contributed by atoms with Crippen molar-refractivity contribution in [2.45, 2.75) is 26.6 Å². The predicted octanol–water partition coefficient (Wildman–Crippen LogP) is 3.53. The maximum Gasteiger partial charge on any atom is 0.306 e. The number of halogens is 6. The van der Waals surface area contributed by atoms with Crippen LogP contribution in [-0.2, 0) is 4.79 Å². The van der Waals surface area contributed by atoms with Crippen LogP contribution in [0.2, 0.25) is 0 Å². The number of aliphatic hydroxyl groups excluding tert-OH is 1. The zero-order valence-corrected chi connectivity index (χ0v) is 14.1. The average molecular weight is 401 g/mol. The van der Waals surface area contributed by atoms with E-state index in [4.69, 9.17) is 69.6 Å². The van der Waals surface area contributed by atoms with Gasteiger partial charge in [0.2, 0.25) is 0 Å². The maximum atomic E-state index is 11.4. The maximum absolute atomic E-state index is 11.4. The van der Waals surface area contributed by atoms with Crippen molar-refractivity contribution >= 4 is 75.6 Å². The number of rotatable bonds is 1. The molecule has 0 aromatic carbocycles. The number of aliphatic hydroxyl groups is 1.